The molecular weight excluding hydrogens is 410 g/mol. The van der Waals surface area contributed by atoms with Gasteiger partial charge < -0.3 is 4.74 Å². The van der Waals surface area contributed by atoms with Crippen LogP contribution in [0, 0.1) is 6.92 Å². The van der Waals surface area contributed by atoms with Gasteiger partial charge in [0.25, 0.3) is 0 Å². The zero-order chi connectivity index (χ0) is 20.8. The number of halogens is 1. The minimum absolute atomic E-state index is 0.751. The van der Waals surface area contributed by atoms with Crippen LogP contribution in [0.25, 0.3) is 0 Å². The van der Waals surface area contributed by atoms with E-state index in [0.29, 0.717) is 0 Å². The molecule has 0 aromatic heterocycles. The van der Waals surface area contributed by atoms with E-state index < -0.39 is 0 Å². The van der Waals surface area contributed by atoms with Gasteiger partial charge in [0.05, 0.1) is 5.69 Å². The highest BCUT2D eigenvalue weighted by molar-refractivity contribution is 7.99. The van der Waals surface area contributed by atoms with Crippen LogP contribution in [0.2, 0.25) is 5.02 Å². The lowest BCUT2D eigenvalue weighted by Crippen LogP contribution is -1.86. The van der Waals surface area contributed by atoms with Gasteiger partial charge in [-0.3, -0.25) is 4.99 Å². The highest BCUT2D eigenvalue weighted by Gasteiger charge is 2.01. The lowest BCUT2D eigenvalue weighted by atomic mass is 10.2. The van der Waals surface area contributed by atoms with Gasteiger partial charge in [0, 0.05) is 21.0 Å². The summed E-state index contributed by atoms with van der Waals surface area (Å²) in [6.45, 7) is 2.03. The molecular formula is C26H20ClNOS. The Labute approximate surface area is 186 Å². The number of rotatable bonds is 6. The van der Waals surface area contributed by atoms with Crippen LogP contribution in [0.3, 0.4) is 0 Å². The summed E-state index contributed by atoms with van der Waals surface area (Å²) in [6.07, 6.45) is 1.87. The molecule has 4 aromatic rings. The Morgan fingerprint density at radius 1 is 0.767 bits per heavy atom. The smallest absolute Gasteiger partial charge is 0.130 e. The van der Waals surface area contributed by atoms with E-state index in [4.69, 9.17) is 16.3 Å². The van der Waals surface area contributed by atoms with E-state index in [1.165, 1.54) is 4.90 Å². The molecule has 0 unspecified atom stereocenters. The first-order valence-corrected chi connectivity index (χ1v) is 10.8. The van der Waals surface area contributed by atoms with E-state index in [2.05, 4.69) is 29.3 Å². The molecule has 148 valence electrons. The molecule has 0 fully saturated rings. The van der Waals surface area contributed by atoms with Crippen LogP contribution in [0.1, 0.15) is 11.1 Å². The topological polar surface area (TPSA) is 21.6 Å². The van der Waals surface area contributed by atoms with Crippen LogP contribution in [-0.2, 0) is 0 Å². The molecule has 0 bridgehead atoms. The summed E-state index contributed by atoms with van der Waals surface area (Å²) in [6, 6.07) is 31.9. The Hall–Kier alpha value is -3.01. The van der Waals surface area contributed by atoms with E-state index in [-0.39, 0.29) is 0 Å². The largest absolute Gasteiger partial charge is 0.457 e. The van der Waals surface area contributed by atoms with Gasteiger partial charge in [0.2, 0.25) is 0 Å². The highest BCUT2D eigenvalue weighted by atomic mass is 35.5. The van der Waals surface area contributed by atoms with Crippen molar-refractivity contribution in [3.63, 3.8) is 0 Å². The third kappa shape index (κ3) is 5.53. The minimum Gasteiger partial charge on any atom is -0.457 e. The van der Waals surface area contributed by atoms with Crippen molar-refractivity contribution >= 4 is 35.3 Å². The Kier molecular flexibility index (Phi) is 6.53. The summed E-state index contributed by atoms with van der Waals surface area (Å²) >= 11 is 7.65. The van der Waals surface area contributed by atoms with Crippen molar-refractivity contribution in [2.75, 3.05) is 0 Å². The van der Waals surface area contributed by atoms with Crippen LogP contribution < -0.4 is 4.74 Å². The molecule has 30 heavy (non-hydrogen) atoms. The first-order valence-electron chi connectivity index (χ1n) is 9.57. The molecule has 0 aliphatic carbocycles. The highest BCUT2D eigenvalue weighted by Crippen LogP contribution is 2.29. The SMILES string of the molecule is Cc1ccccc1Oc1ccc(N=Cc2ccc(Sc3ccc(Cl)cc3)cc2)cc1. The number of hydrogen-bond acceptors (Lipinski definition) is 3. The monoisotopic (exact) mass is 429 g/mol. The van der Waals surface area contributed by atoms with Crippen molar-refractivity contribution in [1.29, 1.82) is 0 Å². The first kappa shape index (κ1) is 20.3. The Balaban J connectivity index is 1.37. The lowest BCUT2D eigenvalue weighted by molar-refractivity contribution is 0.479. The maximum absolute atomic E-state index is 5.94. The van der Waals surface area contributed by atoms with Gasteiger partial charge in [-0.2, -0.15) is 0 Å². The average Bonchev–Trinajstić information content (AvgIpc) is 2.77. The summed E-state index contributed by atoms with van der Waals surface area (Å²) in [5, 5.41) is 0.751. The summed E-state index contributed by atoms with van der Waals surface area (Å²) < 4.78 is 5.93. The second-order valence-corrected chi connectivity index (χ2v) is 8.33. The fourth-order valence-electron chi connectivity index (χ4n) is 2.81. The average molecular weight is 430 g/mol. The number of nitrogens with zero attached hydrogens (tertiary/aromatic N) is 1. The third-order valence-electron chi connectivity index (χ3n) is 4.45. The minimum atomic E-state index is 0.751. The summed E-state index contributed by atoms with van der Waals surface area (Å²) in [5.41, 5.74) is 3.04. The lowest BCUT2D eigenvalue weighted by Gasteiger charge is -2.08. The van der Waals surface area contributed by atoms with Gasteiger partial charge in [-0.25, -0.2) is 0 Å². The molecule has 0 amide bonds. The van der Waals surface area contributed by atoms with Crippen LogP contribution in [0.5, 0.6) is 11.5 Å². The van der Waals surface area contributed by atoms with Crippen molar-refractivity contribution in [3.8, 4) is 11.5 Å². The van der Waals surface area contributed by atoms with Gasteiger partial charge in [0.1, 0.15) is 11.5 Å². The van der Waals surface area contributed by atoms with Gasteiger partial charge in [-0.1, -0.05) is 53.7 Å². The number of aliphatic imine (C=N–C) groups is 1. The van der Waals surface area contributed by atoms with Crippen LogP contribution in [0.4, 0.5) is 5.69 Å². The molecule has 0 saturated carbocycles. The number of ether oxygens (including phenoxy) is 1. The number of aryl methyl sites for hydroxylation is 1. The number of benzene rings is 4. The molecule has 0 radical (unpaired) electrons. The molecule has 0 aliphatic heterocycles. The first-order chi connectivity index (χ1) is 14.7. The van der Waals surface area contributed by atoms with Gasteiger partial charge >= 0.3 is 0 Å². The van der Waals surface area contributed by atoms with E-state index in [1.807, 2.05) is 85.9 Å². The molecule has 0 atom stereocenters. The molecule has 0 heterocycles. The predicted octanol–water partition coefficient (Wildman–Crippen LogP) is 8.34. The van der Waals surface area contributed by atoms with Gasteiger partial charge in [-0.05, 0) is 84.8 Å². The molecule has 2 nitrogen and oxygen atoms in total. The van der Waals surface area contributed by atoms with Crippen LogP contribution >= 0.6 is 23.4 Å². The second kappa shape index (κ2) is 9.66. The molecule has 0 spiro atoms. The molecule has 4 rings (SSSR count). The van der Waals surface area contributed by atoms with Crippen molar-refractivity contribution in [1.82, 2.24) is 0 Å². The van der Waals surface area contributed by atoms with Crippen molar-refractivity contribution in [2.24, 2.45) is 4.99 Å². The zero-order valence-electron chi connectivity index (χ0n) is 16.5. The standard InChI is InChI=1S/C26H20ClNOS/c1-19-4-2-3-5-26(19)29-23-12-10-22(11-13-23)28-18-20-6-14-24(15-7-20)30-25-16-8-21(27)9-17-25/h2-18H,1H3. The van der Waals surface area contributed by atoms with Gasteiger partial charge in [-0.15, -0.1) is 0 Å². The normalized spacial score (nSPS) is 11.0. The van der Waals surface area contributed by atoms with E-state index >= 15 is 0 Å². The van der Waals surface area contributed by atoms with E-state index in [0.717, 1.165) is 38.2 Å². The predicted molar refractivity (Wildman–Crippen MR) is 127 cm³/mol. The molecule has 4 heteroatoms. The Morgan fingerprint density at radius 3 is 2.07 bits per heavy atom. The number of para-hydroxylation sites is 1. The molecule has 4 aromatic carbocycles. The second-order valence-electron chi connectivity index (χ2n) is 6.74. The van der Waals surface area contributed by atoms with Crippen molar-refractivity contribution < 1.29 is 4.74 Å². The molecule has 0 N–H and O–H groups in total. The van der Waals surface area contributed by atoms with Crippen molar-refractivity contribution in [3.05, 3.63) is 113 Å². The molecule has 0 saturated heterocycles. The van der Waals surface area contributed by atoms with Gasteiger partial charge in [0.15, 0.2) is 0 Å². The fraction of sp³-hybridized carbons (Fsp3) is 0.0385. The maximum atomic E-state index is 5.94. The van der Waals surface area contributed by atoms with E-state index in [1.54, 1.807) is 11.8 Å². The Bertz CT molecular complexity index is 1140. The molecule has 0 aliphatic rings. The third-order valence-corrected chi connectivity index (χ3v) is 5.72. The fourth-order valence-corrected chi connectivity index (χ4v) is 3.75. The summed E-state index contributed by atoms with van der Waals surface area (Å²) in [4.78, 5) is 6.90. The maximum Gasteiger partial charge on any atom is 0.130 e. The Morgan fingerprint density at radius 2 is 1.40 bits per heavy atom. The number of hydrogen-bond donors (Lipinski definition) is 0. The summed E-state index contributed by atoms with van der Waals surface area (Å²) in [5.74, 6) is 1.66. The zero-order valence-corrected chi connectivity index (χ0v) is 18.0. The van der Waals surface area contributed by atoms with Crippen LogP contribution in [0.15, 0.2) is 112 Å². The van der Waals surface area contributed by atoms with Crippen LogP contribution in [-0.4, -0.2) is 6.21 Å². The summed E-state index contributed by atoms with van der Waals surface area (Å²) in [7, 11) is 0. The quantitative estimate of drug-likeness (QED) is 0.287. The van der Waals surface area contributed by atoms with E-state index in [9.17, 15) is 0 Å². The van der Waals surface area contributed by atoms with Crippen molar-refractivity contribution in [2.45, 2.75) is 16.7 Å².